The van der Waals surface area contributed by atoms with Crippen LogP contribution in [0, 0.1) is 11.3 Å². The molecule has 0 spiro atoms. The molecule has 126 valence electrons. The quantitative estimate of drug-likeness (QED) is 0.602. The maximum atomic E-state index is 12.5. The van der Waals surface area contributed by atoms with E-state index in [-0.39, 0.29) is 5.56 Å². The van der Waals surface area contributed by atoms with Crippen LogP contribution in [0.2, 0.25) is 0 Å². The molecule has 0 aliphatic carbocycles. The van der Waals surface area contributed by atoms with Crippen molar-refractivity contribution in [3.8, 4) is 11.8 Å². The monoisotopic (exact) mass is 358 g/mol. The SMILES string of the molecule is N#Cc1sc2c(ccc(=O)n2-c2ccccc2)c1C(O)c1ccccc1. The summed E-state index contributed by atoms with van der Waals surface area (Å²) in [5, 5.41) is 21.2. The van der Waals surface area contributed by atoms with Crippen LogP contribution in [0.1, 0.15) is 22.1 Å². The Hall–Kier alpha value is -3.20. The number of aliphatic hydroxyl groups is 1. The van der Waals surface area contributed by atoms with Crippen LogP contribution in [0.4, 0.5) is 0 Å². The maximum absolute atomic E-state index is 12.5. The van der Waals surface area contributed by atoms with E-state index in [1.807, 2.05) is 60.7 Å². The predicted octanol–water partition coefficient (Wildman–Crippen LogP) is 4.01. The highest BCUT2D eigenvalue weighted by molar-refractivity contribution is 7.19. The van der Waals surface area contributed by atoms with Crippen molar-refractivity contribution in [2.75, 3.05) is 0 Å². The molecule has 0 aliphatic heterocycles. The molecule has 1 unspecified atom stereocenters. The van der Waals surface area contributed by atoms with E-state index in [1.165, 1.54) is 17.4 Å². The smallest absolute Gasteiger partial charge is 0.256 e. The van der Waals surface area contributed by atoms with Gasteiger partial charge in [-0.3, -0.25) is 9.36 Å². The first kappa shape index (κ1) is 16.3. The Morgan fingerprint density at radius 1 is 0.962 bits per heavy atom. The Kier molecular flexibility index (Phi) is 4.13. The van der Waals surface area contributed by atoms with Crippen LogP contribution in [0.15, 0.2) is 77.6 Å². The zero-order valence-electron chi connectivity index (χ0n) is 13.7. The second-order valence-electron chi connectivity index (χ2n) is 5.83. The van der Waals surface area contributed by atoms with Gasteiger partial charge in [0.25, 0.3) is 5.56 Å². The fourth-order valence-electron chi connectivity index (χ4n) is 3.08. The van der Waals surface area contributed by atoms with E-state index in [1.54, 1.807) is 10.6 Å². The van der Waals surface area contributed by atoms with Gasteiger partial charge in [-0.15, -0.1) is 11.3 Å². The van der Waals surface area contributed by atoms with Crippen LogP contribution in [-0.4, -0.2) is 9.67 Å². The number of nitriles is 1. The minimum atomic E-state index is -0.929. The summed E-state index contributed by atoms with van der Waals surface area (Å²) < 4.78 is 1.59. The molecule has 0 saturated carbocycles. The molecule has 0 saturated heterocycles. The number of para-hydroxylation sites is 1. The van der Waals surface area contributed by atoms with Crippen molar-refractivity contribution in [1.82, 2.24) is 4.57 Å². The first-order valence-corrected chi connectivity index (χ1v) is 8.89. The first-order valence-electron chi connectivity index (χ1n) is 8.07. The van der Waals surface area contributed by atoms with Crippen molar-refractivity contribution in [1.29, 1.82) is 5.26 Å². The Bertz CT molecular complexity index is 1170. The molecule has 2 aromatic heterocycles. The van der Waals surface area contributed by atoms with Gasteiger partial charge >= 0.3 is 0 Å². The molecule has 26 heavy (non-hydrogen) atoms. The third kappa shape index (κ3) is 2.62. The summed E-state index contributed by atoms with van der Waals surface area (Å²) in [4.78, 5) is 13.6. The molecule has 1 N–H and O–H groups in total. The summed E-state index contributed by atoms with van der Waals surface area (Å²) in [5.74, 6) is 0. The zero-order chi connectivity index (χ0) is 18.1. The molecule has 5 heteroatoms. The van der Waals surface area contributed by atoms with Gasteiger partial charge in [0.15, 0.2) is 0 Å². The van der Waals surface area contributed by atoms with Crippen molar-refractivity contribution in [2.45, 2.75) is 6.10 Å². The summed E-state index contributed by atoms with van der Waals surface area (Å²) in [7, 11) is 0. The molecule has 2 heterocycles. The van der Waals surface area contributed by atoms with E-state index in [9.17, 15) is 15.2 Å². The van der Waals surface area contributed by atoms with Gasteiger partial charge in [0.05, 0.1) is 5.69 Å². The molecule has 0 fully saturated rings. The van der Waals surface area contributed by atoms with Crippen LogP contribution < -0.4 is 5.56 Å². The summed E-state index contributed by atoms with van der Waals surface area (Å²) in [5.41, 5.74) is 1.81. The molecule has 0 bridgehead atoms. The molecule has 2 aromatic carbocycles. The highest BCUT2D eigenvalue weighted by Crippen LogP contribution is 2.37. The molecule has 0 aliphatic rings. The van der Waals surface area contributed by atoms with Crippen LogP contribution in [0.3, 0.4) is 0 Å². The molecule has 1 atom stereocenters. The van der Waals surface area contributed by atoms with E-state index in [4.69, 9.17) is 0 Å². The second kappa shape index (κ2) is 6.60. The summed E-state index contributed by atoms with van der Waals surface area (Å²) in [6.45, 7) is 0. The van der Waals surface area contributed by atoms with Gasteiger partial charge in [0.1, 0.15) is 21.9 Å². The number of thiophene rings is 1. The average molecular weight is 358 g/mol. The topological polar surface area (TPSA) is 66.0 Å². The highest BCUT2D eigenvalue weighted by atomic mass is 32.1. The van der Waals surface area contributed by atoms with Gasteiger partial charge < -0.3 is 5.11 Å². The fourth-order valence-corrected chi connectivity index (χ4v) is 4.22. The predicted molar refractivity (Wildman–Crippen MR) is 103 cm³/mol. The minimum Gasteiger partial charge on any atom is -0.384 e. The highest BCUT2D eigenvalue weighted by Gasteiger charge is 2.23. The molecular formula is C21H14N2O2S. The van der Waals surface area contributed by atoms with Gasteiger partial charge in [-0.05, 0) is 23.8 Å². The first-order chi connectivity index (χ1) is 12.7. The minimum absolute atomic E-state index is 0.171. The standard InChI is InChI=1S/C21H14N2O2S/c22-13-17-19(20(25)14-7-3-1-4-8-14)16-11-12-18(24)23(21(16)26-17)15-9-5-2-6-10-15/h1-12,20,25H. The lowest BCUT2D eigenvalue weighted by atomic mass is 9.99. The molecule has 0 amide bonds. The summed E-state index contributed by atoms with van der Waals surface area (Å²) in [6, 6.07) is 23.9. The average Bonchev–Trinajstić information content (AvgIpc) is 3.07. The number of pyridine rings is 1. The number of benzene rings is 2. The largest absolute Gasteiger partial charge is 0.384 e. The van der Waals surface area contributed by atoms with E-state index in [2.05, 4.69) is 6.07 Å². The van der Waals surface area contributed by atoms with Crippen LogP contribution >= 0.6 is 11.3 Å². The Morgan fingerprint density at radius 3 is 2.27 bits per heavy atom. The number of hydrogen-bond donors (Lipinski definition) is 1. The van der Waals surface area contributed by atoms with Crippen molar-refractivity contribution < 1.29 is 5.11 Å². The van der Waals surface area contributed by atoms with Crippen LogP contribution in [0.25, 0.3) is 15.9 Å². The number of nitrogens with zero attached hydrogens (tertiary/aromatic N) is 2. The molecule has 0 radical (unpaired) electrons. The Balaban J connectivity index is 2.02. The Labute approximate surface area is 153 Å². The van der Waals surface area contributed by atoms with Crippen LogP contribution in [0.5, 0.6) is 0 Å². The number of rotatable bonds is 3. The third-order valence-electron chi connectivity index (χ3n) is 4.28. The van der Waals surface area contributed by atoms with Gasteiger partial charge in [0, 0.05) is 17.0 Å². The maximum Gasteiger partial charge on any atom is 0.256 e. The van der Waals surface area contributed by atoms with Crippen molar-refractivity contribution >= 4 is 21.6 Å². The zero-order valence-corrected chi connectivity index (χ0v) is 14.5. The molecule has 4 rings (SSSR count). The lowest BCUT2D eigenvalue weighted by Crippen LogP contribution is -2.16. The summed E-state index contributed by atoms with van der Waals surface area (Å²) in [6.07, 6.45) is -0.929. The van der Waals surface area contributed by atoms with E-state index < -0.39 is 6.10 Å². The number of fused-ring (bicyclic) bond motifs is 1. The van der Waals surface area contributed by atoms with E-state index in [0.29, 0.717) is 26.2 Å². The van der Waals surface area contributed by atoms with E-state index in [0.717, 1.165) is 5.69 Å². The van der Waals surface area contributed by atoms with Crippen LogP contribution in [-0.2, 0) is 0 Å². The normalized spacial score (nSPS) is 12.0. The lowest BCUT2D eigenvalue weighted by molar-refractivity contribution is 0.222. The van der Waals surface area contributed by atoms with Gasteiger partial charge in [0.2, 0.25) is 0 Å². The molecular weight excluding hydrogens is 344 g/mol. The number of hydrogen-bond acceptors (Lipinski definition) is 4. The van der Waals surface area contributed by atoms with Gasteiger partial charge in [-0.25, -0.2) is 0 Å². The van der Waals surface area contributed by atoms with Gasteiger partial charge in [-0.2, -0.15) is 5.26 Å². The number of aliphatic hydroxyl groups excluding tert-OH is 1. The molecule has 4 aromatic rings. The van der Waals surface area contributed by atoms with Crippen molar-refractivity contribution in [3.63, 3.8) is 0 Å². The third-order valence-corrected chi connectivity index (χ3v) is 5.40. The summed E-state index contributed by atoms with van der Waals surface area (Å²) >= 11 is 1.22. The fraction of sp³-hybridized carbons (Fsp3) is 0.0476. The van der Waals surface area contributed by atoms with Crippen molar-refractivity contribution in [3.05, 3.63) is 99.2 Å². The molecule has 4 nitrogen and oxygen atoms in total. The second-order valence-corrected chi connectivity index (χ2v) is 6.83. The van der Waals surface area contributed by atoms with E-state index >= 15 is 0 Å². The van der Waals surface area contributed by atoms with Gasteiger partial charge in [-0.1, -0.05) is 48.5 Å². The lowest BCUT2D eigenvalue weighted by Gasteiger charge is -2.12. The van der Waals surface area contributed by atoms with Crippen molar-refractivity contribution in [2.24, 2.45) is 0 Å². The number of aromatic nitrogens is 1. The Morgan fingerprint density at radius 2 is 1.62 bits per heavy atom.